The molecular formula is C18H17N3S2. The lowest BCUT2D eigenvalue weighted by Crippen LogP contribution is -1.87. The highest BCUT2D eigenvalue weighted by atomic mass is 32.1. The van der Waals surface area contributed by atoms with E-state index < -0.39 is 0 Å². The van der Waals surface area contributed by atoms with Crippen LogP contribution in [0.5, 0.6) is 0 Å². The van der Waals surface area contributed by atoms with E-state index in [1.54, 1.807) is 0 Å². The van der Waals surface area contributed by atoms with Crippen molar-refractivity contribution in [3.05, 3.63) is 53.6 Å². The zero-order valence-electron chi connectivity index (χ0n) is 12.9. The largest absolute Gasteiger partial charge is 0.399 e. The minimum absolute atomic E-state index is 0.730. The average molecular weight is 339 g/mol. The zero-order chi connectivity index (χ0) is 16.6. The van der Waals surface area contributed by atoms with E-state index in [1.807, 2.05) is 56.3 Å². The molecule has 0 heterocycles. The number of nitrogens with two attached hydrogens (primary N) is 1. The summed E-state index contributed by atoms with van der Waals surface area (Å²) >= 11 is 8.97. The Bertz CT molecular complexity index is 933. The van der Waals surface area contributed by atoms with E-state index in [9.17, 15) is 0 Å². The molecule has 0 bridgehead atoms. The number of nitrogen functional groups attached to an aromatic ring is 1. The van der Waals surface area contributed by atoms with Crippen molar-refractivity contribution < 1.29 is 0 Å². The van der Waals surface area contributed by atoms with Gasteiger partial charge in [0.15, 0.2) is 0 Å². The van der Waals surface area contributed by atoms with Gasteiger partial charge in [-0.2, -0.15) is 5.11 Å². The molecule has 0 spiro atoms. The highest BCUT2D eigenvalue weighted by molar-refractivity contribution is 7.80. The number of hydrogen-bond donors (Lipinski definition) is 3. The van der Waals surface area contributed by atoms with Gasteiger partial charge in [0.25, 0.3) is 0 Å². The van der Waals surface area contributed by atoms with Gasteiger partial charge in [0.2, 0.25) is 0 Å². The van der Waals surface area contributed by atoms with Crippen LogP contribution in [0.1, 0.15) is 11.1 Å². The van der Waals surface area contributed by atoms with Gasteiger partial charge >= 0.3 is 0 Å². The standard InChI is InChI=1S/C18H17N3S2/c1-10-3-6-14(9-16(10)22)20-21-18-11(2)15-8-13(19)5-4-12(15)7-17(18)23/h3-9,22-23H,19H2,1-2H3. The van der Waals surface area contributed by atoms with E-state index in [4.69, 9.17) is 5.73 Å². The number of azo groups is 1. The minimum Gasteiger partial charge on any atom is -0.399 e. The fraction of sp³-hybridized carbons (Fsp3) is 0.111. The summed E-state index contributed by atoms with van der Waals surface area (Å²) in [6.07, 6.45) is 0. The Hall–Kier alpha value is -1.98. The predicted octanol–water partition coefficient (Wildman–Crippen LogP) is 6.03. The van der Waals surface area contributed by atoms with Crippen LogP contribution in [0.2, 0.25) is 0 Å². The summed E-state index contributed by atoms with van der Waals surface area (Å²) in [5.41, 5.74) is 10.3. The Labute approximate surface area is 146 Å². The molecule has 0 fully saturated rings. The number of rotatable bonds is 2. The third kappa shape index (κ3) is 3.21. The van der Waals surface area contributed by atoms with Gasteiger partial charge in [-0.05, 0) is 66.1 Å². The third-order valence-electron chi connectivity index (χ3n) is 3.83. The predicted molar refractivity (Wildman–Crippen MR) is 103 cm³/mol. The van der Waals surface area contributed by atoms with Crippen molar-refractivity contribution in [3.8, 4) is 0 Å². The summed E-state index contributed by atoms with van der Waals surface area (Å²) in [5.74, 6) is 0. The molecule has 3 aromatic rings. The molecule has 3 aromatic carbocycles. The van der Waals surface area contributed by atoms with Crippen LogP contribution in [-0.2, 0) is 0 Å². The molecular weight excluding hydrogens is 322 g/mol. The average Bonchev–Trinajstić information content (AvgIpc) is 2.51. The van der Waals surface area contributed by atoms with Crippen LogP contribution in [0.25, 0.3) is 10.8 Å². The summed E-state index contributed by atoms with van der Waals surface area (Å²) < 4.78 is 0. The quantitative estimate of drug-likeness (QED) is 0.298. The number of aryl methyl sites for hydroxylation is 2. The summed E-state index contributed by atoms with van der Waals surface area (Å²) in [6, 6.07) is 13.6. The molecule has 0 unspecified atom stereocenters. The molecule has 0 aliphatic rings. The van der Waals surface area contributed by atoms with Gasteiger partial charge in [0, 0.05) is 15.5 Å². The number of nitrogens with zero attached hydrogens (tertiary/aromatic N) is 2. The van der Waals surface area contributed by atoms with Crippen LogP contribution < -0.4 is 5.73 Å². The normalized spacial score (nSPS) is 11.5. The smallest absolute Gasteiger partial charge is 0.103 e. The Balaban J connectivity index is 2.08. The topological polar surface area (TPSA) is 50.7 Å². The van der Waals surface area contributed by atoms with Gasteiger partial charge in [-0.25, -0.2) is 0 Å². The van der Waals surface area contributed by atoms with Crippen molar-refractivity contribution in [3.63, 3.8) is 0 Å². The van der Waals surface area contributed by atoms with Crippen molar-refractivity contribution in [1.29, 1.82) is 0 Å². The molecule has 0 saturated heterocycles. The Morgan fingerprint density at radius 3 is 2.39 bits per heavy atom. The van der Waals surface area contributed by atoms with Crippen LogP contribution in [-0.4, -0.2) is 0 Å². The second kappa shape index (κ2) is 6.26. The first-order valence-electron chi connectivity index (χ1n) is 7.19. The Morgan fingerprint density at radius 1 is 0.870 bits per heavy atom. The van der Waals surface area contributed by atoms with Crippen LogP contribution >= 0.6 is 25.3 Å². The van der Waals surface area contributed by atoms with Gasteiger partial charge in [0.05, 0.1) is 5.69 Å². The summed E-state index contributed by atoms with van der Waals surface area (Å²) in [4.78, 5) is 1.69. The number of anilines is 1. The molecule has 0 saturated carbocycles. The van der Waals surface area contributed by atoms with Gasteiger partial charge in [-0.15, -0.1) is 30.4 Å². The second-order valence-electron chi connectivity index (χ2n) is 5.52. The molecule has 0 atom stereocenters. The van der Waals surface area contributed by atoms with Gasteiger partial charge in [-0.1, -0.05) is 12.1 Å². The molecule has 0 radical (unpaired) electrons. The molecule has 0 aliphatic heterocycles. The van der Waals surface area contributed by atoms with Crippen molar-refractivity contribution in [1.82, 2.24) is 0 Å². The first-order valence-corrected chi connectivity index (χ1v) is 8.08. The van der Waals surface area contributed by atoms with Gasteiger partial charge in [0.1, 0.15) is 5.69 Å². The fourth-order valence-electron chi connectivity index (χ4n) is 2.45. The molecule has 3 rings (SSSR count). The van der Waals surface area contributed by atoms with E-state index in [0.29, 0.717) is 0 Å². The SMILES string of the molecule is Cc1ccc(N=Nc2c(S)cc3ccc(N)cc3c2C)cc1S. The maximum absolute atomic E-state index is 5.90. The van der Waals surface area contributed by atoms with Gasteiger partial charge in [-0.3, -0.25) is 0 Å². The molecule has 2 N–H and O–H groups in total. The highest BCUT2D eigenvalue weighted by Gasteiger charge is 2.08. The number of thiol groups is 2. The molecule has 0 aliphatic carbocycles. The Kier molecular flexibility index (Phi) is 4.33. The first kappa shape index (κ1) is 15.9. The van der Waals surface area contributed by atoms with Gasteiger partial charge < -0.3 is 5.73 Å². The molecule has 0 aromatic heterocycles. The lowest BCUT2D eigenvalue weighted by atomic mass is 10.0. The first-order chi connectivity index (χ1) is 11.0. The highest BCUT2D eigenvalue weighted by Crippen LogP contribution is 2.36. The zero-order valence-corrected chi connectivity index (χ0v) is 14.7. The van der Waals surface area contributed by atoms with Crippen LogP contribution in [0.3, 0.4) is 0 Å². The number of fused-ring (bicyclic) bond motifs is 1. The summed E-state index contributed by atoms with van der Waals surface area (Å²) in [6.45, 7) is 4.02. The molecule has 116 valence electrons. The number of hydrogen-bond acceptors (Lipinski definition) is 5. The molecule has 0 amide bonds. The van der Waals surface area contributed by atoms with E-state index in [0.717, 1.165) is 48.8 Å². The van der Waals surface area contributed by atoms with Crippen molar-refractivity contribution in [2.75, 3.05) is 5.73 Å². The summed E-state index contributed by atoms with van der Waals surface area (Å²) in [5, 5.41) is 10.9. The monoisotopic (exact) mass is 339 g/mol. The van der Waals surface area contributed by atoms with E-state index in [-0.39, 0.29) is 0 Å². The third-order valence-corrected chi connectivity index (χ3v) is 4.65. The van der Waals surface area contributed by atoms with Crippen LogP contribution in [0.4, 0.5) is 17.1 Å². The van der Waals surface area contributed by atoms with Crippen molar-refractivity contribution >= 4 is 53.1 Å². The van der Waals surface area contributed by atoms with Crippen molar-refractivity contribution in [2.45, 2.75) is 23.6 Å². The second-order valence-corrected chi connectivity index (χ2v) is 6.48. The molecule has 23 heavy (non-hydrogen) atoms. The van der Waals surface area contributed by atoms with E-state index in [2.05, 4.69) is 35.5 Å². The molecule has 3 nitrogen and oxygen atoms in total. The maximum atomic E-state index is 5.90. The summed E-state index contributed by atoms with van der Waals surface area (Å²) in [7, 11) is 0. The van der Waals surface area contributed by atoms with Crippen LogP contribution in [0, 0.1) is 13.8 Å². The maximum Gasteiger partial charge on any atom is 0.103 e. The van der Waals surface area contributed by atoms with Crippen LogP contribution in [0.15, 0.2) is 62.5 Å². The number of benzene rings is 3. The Morgan fingerprint density at radius 2 is 1.65 bits per heavy atom. The lowest BCUT2D eigenvalue weighted by Gasteiger charge is -2.09. The van der Waals surface area contributed by atoms with E-state index >= 15 is 0 Å². The fourth-order valence-corrected chi connectivity index (χ4v) is 3.01. The molecule has 5 heteroatoms. The van der Waals surface area contributed by atoms with Crippen molar-refractivity contribution in [2.24, 2.45) is 10.2 Å². The lowest BCUT2D eigenvalue weighted by molar-refractivity contribution is 1.17. The minimum atomic E-state index is 0.730. The van der Waals surface area contributed by atoms with E-state index in [1.165, 1.54) is 0 Å².